The third kappa shape index (κ3) is 5.88. The predicted octanol–water partition coefficient (Wildman–Crippen LogP) is 2.97. The molecule has 0 aromatic heterocycles. The van der Waals surface area contributed by atoms with Crippen molar-refractivity contribution in [3.63, 3.8) is 0 Å². The zero-order valence-electron chi connectivity index (χ0n) is 12.4. The highest BCUT2D eigenvalue weighted by atomic mass is 16.4. The molecule has 19 heavy (non-hydrogen) atoms. The van der Waals surface area contributed by atoms with Crippen molar-refractivity contribution in [1.82, 2.24) is 4.90 Å². The SMILES string of the molecule is Cc1ccccc1CCN(C)CC(C)(C)CC(=O)O. The summed E-state index contributed by atoms with van der Waals surface area (Å²) in [6.07, 6.45) is 1.22. The molecule has 3 heteroatoms. The highest BCUT2D eigenvalue weighted by molar-refractivity contribution is 5.67. The minimum absolute atomic E-state index is 0.188. The predicted molar refractivity (Wildman–Crippen MR) is 78.4 cm³/mol. The Labute approximate surface area is 116 Å². The van der Waals surface area contributed by atoms with Gasteiger partial charge in [-0.05, 0) is 36.9 Å². The topological polar surface area (TPSA) is 40.5 Å². The molecule has 0 radical (unpaired) electrons. The van der Waals surface area contributed by atoms with E-state index in [-0.39, 0.29) is 11.8 Å². The van der Waals surface area contributed by atoms with E-state index >= 15 is 0 Å². The summed E-state index contributed by atoms with van der Waals surface area (Å²) in [5.41, 5.74) is 2.50. The zero-order valence-corrected chi connectivity index (χ0v) is 12.4. The molecule has 0 aliphatic rings. The van der Waals surface area contributed by atoms with E-state index in [0.717, 1.165) is 19.5 Å². The van der Waals surface area contributed by atoms with Crippen LogP contribution in [0.25, 0.3) is 0 Å². The summed E-state index contributed by atoms with van der Waals surface area (Å²) in [5.74, 6) is -0.725. The summed E-state index contributed by atoms with van der Waals surface area (Å²) in [6, 6.07) is 8.41. The Morgan fingerprint density at radius 1 is 1.32 bits per heavy atom. The third-order valence-corrected chi connectivity index (χ3v) is 3.35. The monoisotopic (exact) mass is 263 g/mol. The summed E-state index contributed by atoms with van der Waals surface area (Å²) >= 11 is 0. The molecular weight excluding hydrogens is 238 g/mol. The summed E-state index contributed by atoms with van der Waals surface area (Å²) in [5, 5.41) is 8.89. The minimum Gasteiger partial charge on any atom is -0.481 e. The molecule has 1 aromatic carbocycles. The van der Waals surface area contributed by atoms with Crippen LogP contribution in [-0.4, -0.2) is 36.1 Å². The van der Waals surface area contributed by atoms with E-state index in [0.29, 0.717) is 0 Å². The molecule has 0 spiro atoms. The summed E-state index contributed by atoms with van der Waals surface area (Å²) in [4.78, 5) is 13.0. The van der Waals surface area contributed by atoms with Crippen LogP contribution in [0.1, 0.15) is 31.4 Å². The van der Waals surface area contributed by atoms with Crippen LogP contribution in [0.2, 0.25) is 0 Å². The normalized spacial score (nSPS) is 11.8. The molecule has 0 bridgehead atoms. The van der Waals surface area contributed by atoms with Gasteiger partial charge in [0.15, 0.2) is 0 Å². The first-order chi connectivity index (χ1) is 8.80. The number of carboxylic acid groups (broad SMARTS) is 1. The molecule has 0 saturated carbocycles. The molecular formula is C16H25NO2. The maximum atomic E-state index is 10.8. The van der Waals surface area contributed by atoms with E-state index < -0.39 is 5.97 Å². The molecule has 106 valence electrons. The van der Waals surface area contributed by atoms with Crippen molar-refractivity contribution >= 4 is 5.97 Å². The van der Waals surface area contributed by atoms with Crippen molar-refractivity contribution in [2.75, 3.05) is 20.1 Å². The van der Waals surface area contributed by atoms with Gasteiger partial charge >= 0.3 is 5.97 Å². The highest BCUT2D eigenvalue weighted by Gasteiger charge is 2.23. The molecule has 0 aliphatic heterocycles. The van der Waals surface area contributed by atoms with Gasteiger partial charge in [0.1, 0.15) is 0 Å². The Hall–Kier alpha value is -1.35. The number of rotatable bonds is 7. The van der Waals surface area contributed by atoms with E-state index in [2.05, 4.69) is 43.1 Å². The second-order valence-electron chi connectivity index (χ2n) is 6.15. The number of aliphatic carboxylic acids is 1. The van der Waals surface area contributed by atoms with E-state index in [9.17, 15) is 4.79 Å². The average molecular weight is 263 g/mol. The Morgan fingerprint density at radius 2 is 1.95 bits per heavy atom. The van der Waals surface area contributed by atoms with Crippen molar-refractivity contribution in [2.24, 2.45) is 5.41 Å². The summed E-state index contributed by atoms with van der Waals surface area (Å²) < 4.78 is 0. The Bertz CT molecular complexity index is 427. The maximum absolute atomic E-state index is 10.8. The molecule has 3 nitrogen and oxygen atoms in total. The van der Waals surface area contributed by atoms with Crippen LogP contribution < -0.4 is 0 Å². The van der Waals surface area contributed by atoms with E-state index in [1.807, 2.05) is 13.8 Å². The second kappa shape index (κ2) is 6.71. The molecule has 1 N–H and O–H groups in total. The maximum Gasteiger partial charge on any atom is 0.303 e. The Kier molecular flexibility index (Phi) is 5.55. The third-order valence-electron chi connectivity index (χ3n) is 3.35. The fourth-order valence-electron chi connectivity index (χ4n) is 2.48. The second-order valence-corrected chi connectivity index (χ2v) is 6.15. The zero-order chi connectivity index (χ0) is 14.5. The lowest BCUT2D eigenvalue weighted by Crippen LogP contribution is -2.34. The van der Waals surface area contributed by atoms with E-state index in [1.54, 1.807) is 0 Å². The largest absolute Gasteiger partial charge is 0.481 e. The number of hydrogen-bond donors (Lipinski definition) is 1. The van der Waals surface area contributed by atoms with Gasteiger partial charge in [0.25, 0.3) is 0 Å². The summed E-state index contributed by atoms with van der Waals surface area (Å²) in [7, 11) is 2.06. The fourth-order valence-corrected chi connectivity index (χ4v) is 2.48. The van der Waals surface area contributed by atoms with E-state index in [1.165, 1.54) is 11.1 Å². The van der Waals surface area contributed by atoms with Gasteiger partial charge in [0.2, 0.25) is 0 Å². The lowest BCUT2D eigenvalue weighted by Gasteiger charge is -2.29. The van der Waals surface area contributed by atoms with Crippen LogP contribution in [0, 0.1) is 12.3 Å². The van der Waals surface area contributed by atoms with Crippen LogP contribution >= 0.6 is 0 Å². The number of carboxylic acids is 1. The first kappa shape index (κ1) is 15.7. The Balaban J connectivity index is 2.46. The van der Waals surface area contributed by atoms with Crippen LogP contribution in [0.3, 0.4) is 0 Å². The number of benzene rings is 1. The number of hydrogen-bond acceptors (Lipinski definition) is 2. The molecule has 0 atom stereocenters. The van der Waals surface area contributed by atoms with Crippen LogP contribution in [0.15, 0.2) is 24.3 Å². The number of aryl methyl sites for hydroxylation is 1. The van der Waals surface area contributed by atoms with Gasteiger partial charge in [0, 0.05) is 13.1 Å². The van der Waals surface area contributed by atoms with Crippen molar-refractivity contribution in [3.8, 4) is 0 Å². The lowest BCUT2D eigenvalue weighted by molar-refractivity contribution is -0.139. The van der Waals surface area contributed by atoms with Crippen molar-refractivity contribution in [2.45, 2.75) is 33.6 Å². The standard InChI is InChI=1S/C16H25NO2/c1-13-7-5-6-8-14(13)9-10-17(4)12-16(2,3)11-15(18)19/h5-8H,9-12H2,1-4H3,(H,18,19). The van der Waals surface area contributed by atoms with Gasteiger partial charge in [0.05, 0.1) is 6.42 Å². The molecule has 0 unspecified atom stereocenters. The van der Waals surface area contributed by atoms with Crippen molar-refractivity contribution in [1.29, 1.82) is 0 Å². The summed E-state index contributed by atoms with van der Waals surface area (Å²) in [6.45, 7) is 7.89. The minimum atomic E-state index is -0.725. The van der Waals surface area contributed by atoms with Crippen molar-refractivity contribution < 1.29 is 9.90 Å². The molecule has 0 fully saturated rings. The molecule has 1 rings (SSSR count). The first-order valence-corrected chi connectivity index (χ1v) is 6.75. The van der Waals surface area contributed by atoms with Gasteiger partial charge in [-0.2, -0.15) is 0 Å². The van der Waals surface area contributed by atoms with Gasteiger partial charge < -0.3 is 10.0 Å². The van der Waals surface area contributed by atoms with Gasteiger partial charge in [-0.25, -0.2) is 0 Å². The van der Waals surface area contributed by atoms with Crippen LogP contribution in [0.5, 0.6) is 0 Å². The van der Waals surface area contributed by atoms with E-state index in [4.69, 9.17) is 5.11 Å². The smallest absolute Gasteiger partial charge is 0.303 e. The lowest BCUT2D eigenvalue weighted by atomic mass is 9.89. The van der Waals surface area contributed by atoms with Gasteiger partial charge in [-0.1, -0.05) is 38.1 Å². The van der Waals surface area contributed by atoms with Gasteiger partial charge in [-0.15, -0.1) is 0 Å². The number of carbonyl (C=O) groups is 1. The van der Waals surface area contributed by atoms with Gasteiger partial charge in [-0.3, -0.25) is 4.79 Å². The average Bonchev–Trinajstić information content (AvgIpc) is 2.25. The molecule has 0 aliphatic carbocycles. The fraction of sp³-hybridized carbons (Fsp3) is 0.562. The quantitative estimate of drug-likeness (QED) is 0.822. The van der Waals surface area contributed by atoms with Crippen LogP contribution in [-0.2, 0) is 11.2 Å². The van der Waals surface area contributed by atoms with Crippen molar-refractivity contribution in [3.05, 3.63) is 35.4 Å². The number of nitrogens with zero attached hydrogens (tertiary/aromatic N) is 1. The Morgan fingerprint density at radius 3 is 2.53 bits per heavy atom. The molecule has 0 amide bonds. The van der Waals surface area contributed by atoms with Crippen LogP contribution in [0.4, 0.5) is 0 Å². The molecule has 0 heterocycles. The molecule has 1 aromatic rings. The molecule has 0 saturated heterocycles. The number of likely N-dealkylation sites (N-methyl/N-ethyl adjacent to an activating group) is 1. The highest BCUT2D eigenvalue weighted by Crippen LogP contribution is 2.21. The first-order valence-electron chi connectivity index (χ1n) is 6.75.